The van der Waals surface area contributed by atoms with E-state index in [2.05, 4.69) is 10.3 Å². The summed E-state index contributed by atoms with van der Waals surface area (Å²) in [5, 5.41) is 2.46. The van der Waals surface area contributed by atoms with E-state index in [4.69, 9.17) is 0 Å². The van der Waals surface area contributed by atoms with E-state index >= 15 is 0 Å². The average molecular weight is 539 g/mol. The fraction of sp³-hybridized carbons (Fsp3) is 0.417. The first kappa shape index (κ1) is 26.7. The molecule has 198 valence electrons. The van der Waals surface area contributed by atoms with Crippen molar-refractivity contribution in [2.45, 2.75) is 49.0 Å². The van der Waals surface area contributed by atoms with E-state index in [-0.39, 0.29) is 48.3 Å². The highest BCUT2D eigenvalue weighted by atomic mass is 32.2. The summed E-state index contributed by atoms with van der Waals surface area (Å²) < 4.78 is 65.0. The van der Waals surface area contributed by atoms with E-state index < -0.39 is 39.8 Å². The van der Waals surface area contributed by atoms with Gasteiger partial charge in [-0.2, -0.15) is 17.5 Å². The van der Waals surface area contributed by atoms with Gasteiger partial charge in [0, 0.05) is 31.3 Å². The number of nitrogens with zero attached hydrogens (tertiary/aromatic N) is 3. The SMILES string of the molecule is O=C(NCCCCC(=O)N1CCC2C1C(=O)CN2S(=O)(=O)c1ccccn1)c1ccc(C(F)(F)F)cc1. The zero-order chi connectivity index (χ0) is 26.8. The molecule has 0 bridgehead atoms. The van der Waals surface area contributed by atoms with Crippen LogP contribution in [-0.2, 0) is 25.8 Å². The number of unbranched alkanes of at least 4 members (excludes halogenated alkanes) is 1. The van der Waals surface area contributed by atoms with Crippen LogP contribution in [-0.4, -0.2) is 71.9 Å². The summed E-state index contributed by atoms with van der Waals surface area (Å²) in [4.78, 5) is 42.9. The molecule has 0 aliphatic carbocycles. The standard InChI is InChI=1S/C24H25F3N4O5S/c25-24(26,27)17-9-7-16(8-10-17)23(34)29-13-4-2-6-21(33)30-14-11-18-22(30)19(32)15-31(18)37(35,36)20-5-1-3-12-28-20/h1,3,5,7-10,12,18,22H,2,4,6,11,13-15H2,(H,29,34). The Balaban J connectivity index is 1.25. The predicted molar refractivity (Wildman–Crippen MR) is 125 cm³/mol. The number of likely N-dealkylation sites (tertiary alicyclic amines) is 1. The van der Waals surface area contributed by atoms with Crippen LogP contribution in [0.5, 0.6) is 0 Å². The van der Waals surface area contributed by atoms with Crippen molar-refractivity contribution in [2.75, 3.05) is 19.6 Å². The average Bonchev–Trinajstić information content (AvgIpc) is 3.45. The molecule has 0 spiro atoms. The number of nitrogens with one attached hydrogen (secondary N) is 1. The van der Waals surface area contributed by atoms with Gasteiger partial charge in [0.15, 0.2) is 10.8 Å². The van der Waals surface area contributed by atoms with Crippen molar-refractivity contribution in [3.05, 3.63) is 59.8 Å². The number of carbonyl (C=O) groups is 3. The van der Waals surface area contributed by atoms with E-state index in [9.17, 15) is 36.0 Å². The van der Waals surface area contributed by atoms with Gasteiger partial charge in [-0.1, -0.05) is 6.07 Å². The number of hydrogen-bond donors (Lipinski definition) is 1. The van der Waals surface area contributed by atoms with Gasteiger partial charge in [-0.25, -0.2) is 13.4 Å². The Morgan fingerprint density at radius 2 is 1.81 bits per heavy atom. The minimum absolute atomic E-state index is 0.0946. The molecule has 1 N–H and O–H groups in total. The van der Waals surface area contributed by atoms with Crippen LogP contribution in [0.2, 0.25) is 0 Å². The third-order valence-corrected chi connectivity index (χ3v) is 8.27. The van der Waals surface area contributed by atoms with Gasteiger partial charge in [-0.05, 0) is 55.7 Å². The van der Waals surface area contributed by atoms with E-state index in [1.807, 2.05) is 0 Å². The number of fused-ring (bicyclic) bond motifs is 1. The molecule has 2 aromatic rings. The second-order valence-corrected chi connectivity index (χ2v) is 10.7. The number of pyridine rings is 1. The Hall–Kier alpha value is -3.32. The summed E-state index contributed by atoms with van der Waals surface area (Å²) in [7, 11) is -3.97. The van der Waals surface area contributed by atoms with Gasteiger partial charge in [0.25, 0.3) is 15.9 Å². The van der Waals surface area contributed by atoms with Crippen LogP contribution in [0, 0.1) is 0 Å². The maximum Gasteiger partial charge on any atom is 0.416 e. The van der Waals surface area contributed by atoms with Gasteiger partial charge in [0.05, 0.1) is 18.2 Å². The third kappa shape index (κ3) is 5.67. The molecule has 0 saturated carbocycles. The zero-order valence-corrected chi connectivity index (χ0v) is 20.5. The molecule has 1 aromatic carbocycles. The topological polar surface area (TPSA) is 117 Å². The Labute approximate surface area is 211 Å². The summed E-state index contributed by atoms with van der Waals surface area (Å²) in [6, 6.07) is 6.91. The van der Waals surface area contributed by atoms with Crippen LogP contribution < -0.4 is 5.32 Å². The van der Waals surface area contributed by atoms with Gasteiger partial charge in [0.1, 0.15) is 6.04 Å². The highest BCUT2D eigenvalue weighted by Gasteiger charge is 2.53. The summed E-state index contributed by atoms with van der Waals surface area (Å²) in [5.74, 6) is -1.13. The number of amides is 2. The van der Waals surface area contributed by atoms with E-state index in [1.165, 1.54) is 17.2 Å². The molecule has 13 heteroatoms. The first-order valence-corrected chi connectivity index (χ1v) is 13.1. The van der Waals surface area contributed by atoms with Crippen LogP contribution in [0.3, 0.4) is 0 Å². The zero-order valence-electron chi connectivity index (χ0n) is 19.6. The molecule has 37 heavy (non-hydrogen) atoms. The number of carbonyl (C=O) groups excluding carboxylic acids is 3. The highest BCUT2D eigenvalue weighted by molar-refractivity contribution is 7.89. The number of hydrogen-bond acceptors (Lipinski definition) is 6. The Morgan fingerprint density at radius 1 is 1.08 bits per heavy atom. The largest absolute Gasteiger partial charge is 0.416 e. The number of halogens is 3. The number of alkyl halides is 3. The fourth-order valence-corrected chi connectivity index (χ4v) is 6.21. The fourth-order valence-electron chi connectivity index (χ4n) is 4.65. The van der Waals surface area contributed by atoms with Gasteiger partial charge < -0.3 is 10.2 Å². The smallest absolute Gasteiger partial charge is 0.352 e. The third-order valence-electron chi connectivity index (χ3n) is 6.49. The molecule has 2 fully saturated rings. The first-order valence-electron chi connectivity index (χ1n) is 11.7. The molecule has 0 radical (unpaired) electrons. The lowest BCUT2D eigenvalue weighted by atomic mass is 10.1. The maximum atomic E-state index is 13.0. The maximum absolute atomic E-state index is 13.0. The minimum atomic E-state index is -4.48. The number of sulfonamides is 1. The van der Waals surface area contributed by atoms with Crippen LogP contribution in [0.15, 0.2) is 53.7 Å². The number of Topliss-reactive ketones (excluding diaryl/α,β-unsaturated/α-hetero) is 1. The number of ketones is 1. The molecule has 9 nitrogen and oxygen atoms in total. The number of aromatic nitrogens is 1. The Bertz CT molecular complexity index is 1270. The lowest BCUT2D eigenvalue weighted by Crippen LogP contribution is -2.43. The van der Waals surface area contributed by atoms with Gasteiger partial charge in [-0.3, -0.25) is 14.4 Å². The predicted octanol–water partition coefficient (Wildman–Crippen LogP) is 2.24. The summed E-state index contributed by atoms with van der Waals surface area (Å²) in [5.41, 5.74) is -0.748. The van der Waals surface area contributed by atoms with Gasteiger partial charge in [0.2, 0.25) is 5.91 Å². The van der Waals surface area contributed by atoms with Crippen molar-refractivity contribution >= 4 is 27.6 Å². The van der Waals surface area contributed by atoms with Crippen molar-refractivity contribution in [2.24, 2.45) is 0 Å². The van der Waals surface area contributed by atoms with Crippen molar-refractivity contribution in [1.29, 1.82) is 0 Å². The van der Waals surface area contributed by atoms with Crippen molar-refractivity contribution in [3.8, 4) is 0 Å². The molecule has 4 rings (SSSR count). The molecule has 2 amide bonds. The number of rotatable bonds is 8. The first-order chi connectivity index (χ1) is 17.5. The van der Waals surface area contributed by atoms with Crippen molar-refractivity contribution < 1.29 is 36.0 Å². The molecule has 2 atom stereocenters. The summed E-state index contributed by atoms with van der Waals surface area (Å²) in [6.45, 7) is 0.168. The normalized spacial score (nSPS) is 20.2. The van der Waals surface area contributed by atoms with Crippen LogP contribution >= 0.6 is 0 Å². The Morgan fingerprint density at radius 3 is 2.46 bits per heavy atom. The minimum Gasteiger partial charge on any atom is -0.352 e. The lowest BCUT2D eigenvalue weighted by molar-refractivity contribution is -0.137. The molecule has 2 aliphatic heterocycles. The van der Waals surface area contributed by atoms with Crippen LogP contribution in [0.4, 0.5) is 13.2 Å². The van der Waals surface area contributed by atoms with Gasteiger partial charge in [-0.15, -0.1) is 0 Å². The monoisotopic (exact) mass is 538 g/mol. The summed E-state index contributed by atoms with van der Waals surface area (Å²) in [6.07, 6.45) is -1.82. The molecule has 3 heterocycles. The van der Waals surface area contributed by atoms with E-state index in [1.54, 1.807) is 12.1 Å². The molecule has 2 unspecified atom stereocenters. The summed E-state index contributed by atoms with van der Waals surface area (Å²) >= 11 is 0. The van der Waals surface area contributed by atoms with Gasteiger partial charge >= 0.3 is 6.18 Å². The van der Waals surface area contributed by atoms with E-state index in [0.29, 0.717) is 19.3 Å². The quantitative estimate of drug-likeness (QED) is 0.516. The molecule has 1 aromatic heterocycles. The Kier molecular flexibility index (Phi) is 7.64. The second-order valence-electron chi connectivity index (χ2n) is 8.86. The van der Waals surface area contributed by atoms with Crippen molar-refractivity contribution in [3.63, 3.8) is 0 Å². The highest BCUT2D eigenvalue weighted by Crippen LogP contribution is 2.34. The second kappa shape index (κ2) is 10.6. The van der Waals surface area contributed by atoms with Crippen LogP contribution in [0.1, 0.15) is 41.6 Å². The number of benzene rings is 1. The molecular weight excluding hydrogens is 513 g/mol. The van der Waals surface area contributed by atoms with Crippen LogP contribution in [0.25, 0.3) is 0 Å². The van der Waals surface area contributed by atoms with Crippen molar-refractivity contribution in [1.82, 2.24) is 19.5 Å². The molecule has 2 saturated heterocycles. The molecule has 2 aliphatic rings. The molecular formula is C24H25F3N4O5S. The van der Waals surface area contributed by atoms with E-state index in [0.717, 1.165) is 28.6 Å². The lowest BCUT2D eigenvalue weighted by Gasteiger charge is -2.24.